The van der Waals surface area contributed by atoms with E-state index in [2.05, 4.69) is 17.4 Å². The fraction of sp³-hybridized carbons (Fsp3) is 0.467. The van der Waals surface area contributed by atoms with E-state index in [1.54, 1.807) is 0 Å². The molecule has 19 heavy (non-hydrogen) atoms. The predicted molar refractivity (Wildman–Crippen MR) is 72.0 cm³/mol. The zero-order valence-electron chi connectivity index (χ0n) is 11.1. The Hall–Kier alpha value is -1.84. The lowest BCUT2D eigenvalue weighted by Gasteiger charge is -2.25. The number of hydrogen-bond acceptors (Lipinski definition) is 2. The Bertz CT molecular complexity index is 484. The minimum Gasteiger partial charge on any atom is -0.480 e. The van der Waals surface area contributed by atoms with Gasteiger partial charge in [-0.15, -0.1) is 0 Å². The Kier molecular flexibility index (Phi) is 4.20. The zero-order valence-corrected chi connectivity index (χ0v) is 11.1. The molecule has 1 aliphatic rings. The van der Waals surface area contributed by atoms with Crippen LogP contribution in [0.2, 0.25) is 0 Å². The zero-order chi connectivity index (χ0) is 13.8. The van der Waals surface area contributed by atoms with E-state index in [-0.39, 0.29) is 11.8 Å². The highest BCUT2D eigenvalue weighted by atomic mass is 16.4. The largest absolute Gasteiger partial charge is 0.480 e. The van der Waals surface area contributed by atoms with Crippen molar-refractivity contribution in [3.05, 3.63) is 35.4 Å². The predicted octanol–water partition coefficient (Wildman–Crippen LogP) is 2.09. The van der Waals surface area contributed by atoms with E-state index in [4.69, 9.17) is 5.11 Å². The van der Waals surface area contributed by atoms with Gasteiger partial charge in [0.15, 0.2) is 0 Å². The number of nitrogens with one attached hydrogen (secondary N) is 1. The van der Waals surface area contributed by atoms with Crippen LogP contribution in [0, 0.1) is 0 Å². The van der Waals surface area contributed by atoms with Crippen LogP contribution in [-0.2, 0) is 16.0 Å². The van der Waals surface area contributed by atoms with Crippen LogP contribution in [0.4, 0.5) is 0 Å². The minimum absolute atomic E-state index is 0.184. The molecule has 0 heterocycles. The molecule has 1 unspecified atom stereocenters. The molecule has 2 rings (SSSR count). The van der Waals surface area contributed by atoms with Crippen LogP contribution in [0.5, 0.6) is 0 Å². The van der Waals surface area contributed by atoms with Crippen molar-refractivity contribution in [2.24, 2.45) is 0 Å². The molecule has 0 saturated heterocycles. The van der Waals surface area contributed by atoms with Gasteiger partial charge in [0.05, 0.1) is 0 Å². The Morgan fingerprint density at radius 2 is 2.16 bits per heavy atom. The molecule has 0 fully saturated rings. The second-order valence-electron chi connectivity index (χ2n) is 5.12. The summed E-state index contributed by atoms with van der Waals surface area (Å²) in [5, 5.41) is 11.3. The van der Waals surface area contributed by atoms with Crippen LogP contribution in [-0.4, -0.2) is 23.0 Å². The number of carbonyl (C=O) groups excluding carboxylic acids is 1. The summed E-state index contributed by atoms with van der Waals surface area (Å²) in [6.45, 7) is 1.48. The number of carboxylic acid groups (broad SMARTS) is 1. The van der Waals surface area contributed by atoms with Crippen LogP contribution < -0.4 is 5.32 Å². The molecular formula is C15H19NO3. The van der Waals surface area contributed by atoms with Crippen LogP contribution >= 0.6 is 0 Å². The van der Waals surface area contributed by atoms with Gasteiger partial charge in [0, 0.05) is 6.42 Å². The molecule has 0 bridgehead atoms. The average Bonchev–Trinajstić information content (AvgIpc) is 2.39. The Morgan fingerprint density at radius 3 is 2.89 bits per heavy atom. The van der Waals surface area contributed by atoms with Crippen molar-refractivity contribution in [3.63, 3.8) is 0 Å². The number of fused-ring (bicyclic) bond motifs is 1. The van der Waals surface area contributed by atoms with Crippen molar-refractivity contribution in [3.8, 4) is 0 Å². The number of aryl methyl sites for hydroxylation is 1. The molecule has 0 aliphatic heterocycles. The third-order valence-electron chi connectivity index (χ3n) is 3.67. The fourth-order valence-corrected chi connectivity index (χ4v) is 2.65. The molecule has 4 nitrogen and oxygen atoms in total. The van der Waals surface area contributed by atoms with Gasteiger partial charge in [0.2, 0.25) is 5.91 Å². The Morgan fingerprint density at radius 1 is 1.42 bits per heavy atom. The summed E-state index contributed by atoms with van der Waals surface area (Å²) in [7, 11) is 0. The van der Waals surface area contributed by atoms with Crippen molar-refractivity contribution >= 4 is 11.9 Å². The number of aliphatic carboxylic acids is 1. The monoisotopic (exact) mass is 261 g/mol. The molecule has 1 aliphatic carbocycles. The maximum absolute atomic E-state index is 11.9. The number of hydrogen-bond donors (Lipinski definition) is 2. The van der Waals surface area contributed by atoms with Gasteiger partial charge < -0.3 is 10.4 Å². The number of benzene rings is 1. The van der Waals surface area contributed by atoms with Crippen molar-refractivity contribution in [1.82, 2.24) is 5.32 Å². The highest BCUT2D eigenvalue weighted by Crippen LogP contribution is 2.33. The molecule has 1 amide bonds. The third kappa shape index (κ3) is 3.34. The van der Waals surface area contributed by atoms with Crippen molar-refractivity contribution in [1.29, 1.82) is 0 Å². The molecule has 0 radical (unpaired) electrons. The van der Waals surface area contributed by atoms with Gasteiger partial charge in [-0.3, -0.25) is 9.59 Å². The summed E-state index contributed by atoms with van der Waals surface area (Å²) in [5.74, 6) is -0.972. The number of rotatable bonds is 4. The van der Waals surface area contributed by atoms with Crippen LogP contribution in [0.25, 0.3) is 0 Å². The fourth-order valence-electron chi connectivity index (χ4n) is 2.65. The second kappa shape index (κ2) is 5.87. The van der Waals surface area contributed by atoms with E-state index in [9.17, 15) is 9.59 Å². The molecule has 102 valence electrons. The van der Waals surface area contributed by atoms with Gasteiger partial charge in [-0.1, -0.05) is 24.3 Å². The quantitative estimate of drug-likeness (QED) is 0.872. The highest BCUT2D eigenvalue weighted by molar-refractivity contribution is 5.83. The highest BCUT2D eigenvalue weighted by Gasteiger charge is 2.23. The van der Waals surface area contributed by atoms with Gasteiger partial charge in [-0.25, -0.2) is 0 Å². The molecule has 1 aromatic carbocycles. The maximum atomic E-state index is 11.9. The average molecular weight is 261 g/mol. The first-order valence-electron chi connectivity index (χ1n) is 6.68. The third-order valence-corrected chi connectivity index (χ3v) is 3.67. The van der Waals surface area contributed by atoms with Gasteiger partial charge in [-0.2, -0.15) is 0 Å². The van der Waals surface area contributed by atoms with Crippen LogP contribution in [0.3, 0.4) is 0 Å². The van der Waals surface area contributed by atoms with E-state index in [1.165, 1.54) is 18.1 Å². The summed E-state index contributed by atoms with van der Waals surface area (Å²) < 4.78 is 0. The normalized spacial score (nSPS) is 19.3. The molecule has 4 heteroatoms. The van der Waals surface area contributed by atoms with Crippen LogP contribution in [0.1, 0.15) is 43.2 Å². The number of amides is 1. The standard InChI is InChI=1S/C15H19NO3/c1-10(15(18)19)16-14(17)9-12-7-4-6-11-5-2-3-8-13(11)12/h2-3,5,8,10,12H,4,6-7,9H2,1H3,(H,16,17)(H,18,19)/t10-,12?/m0/s1. The first-order valence-corrected chi connectivity index (χ1v) is 6.68. The Labute approximate surface area is 112 Å². The van der Waals surface area contributed by atoms with Crippen molar-refractivity contribution in [2.45, 2.75) is 44.6 Å². The molecule has 1 aromatic rings. The smallest absolute Gasteiger partial charge is 0.325 e. The van der Waals surface area contributed by atoms with Gasteiger partial charge in [0.1, 0.15) is 6.04 Å². The van der Waals surface area contributed by atoms with E-state index >= 15 is 0 Å². The van der Waals surface area contributed by atoms with Crippen molar-refractivity contribution < 1.29 is 14.7 Å². The number of carboxylic acids is 1. The van der Waals surface area contributed by atoms with Gasteiger partial charge in [0.25, 0.3) is 0 Å². The van der Waals surface area contributed by atoms with Crippen LogP contribution in [0.15, 0.2) is 24.3 Å². The maximum Gasteiger partial charge on any atom is 0.325 e. The summed E-state index contributed by atoms with van der Waals surface area (Å²) in [6.07, 6.45) is 3.52. The van der Waals surface area contributed by atoms with Gasteiger partial charge in [-0.05, 0) is 43.2 Å². The lowest BCUT2D eigenvalue weighted by atomic mass is 9.81. The minimum atomic E-state index is -1.00. The lowest BCUT2D eigenvalue weighted by Crippen LogP contribution is -2.39. The molecular weight excluding hydrogens is 242 g/mol. The van der Waals surface area contributed by atoms with E-state index in [0.29, 0.717) is 6.42 Å². The summed E-state index contributed by atoms with van der Waals surface area (Å²) in [6, 6.07) is 7.38. The van der Waals surface area contributed by atoms with E-state index in [0.717, 1.165) is 19.3 Å². The van der Waals surface area contributed by atoms with Gasteiger partial charge >= 0.3 is 5.97 Å². The van der Waals surface area contributed by atoms with E-state index in [1.807, 2.05) is 12.1 Å². The molecule has 2 atom stereocenters. The summed E-state index contributed by atoms with van der Waals surface area (Å²) in [5.41, 5.74) is 2.56. The second-order valence-corrected chi connectivity index (χ2v) is 5.12. The lowest BCUT2D eigenvalue weighted by molar-refractivity contribution is -0.141. The SMILES string of the molecule is C[C@H](NC(=O)CC1CCCc2ccccc21)C(=O)O. The summed E-state index contributed by atoms with van der Waals surface area (Å²) >= 11 is 0. The summed E-state index contributed by atoms with van der Waals surface area (Å²) in [4.78, 5) is 22.6. The van der Waals surface area contributed by atoms with E-state index < -0.39 is 12.0 Å². The first kappa shape index (κ1) is 13.6. The van der Waals surface area contributed by atoms with Crippen molar-refractivity contribution in [2.75, 3.05) is 0 Å². The molecule has 0 spiro atoms. The Balaban J connectivity index is 2.01. The molecule has 0 saturated carbocycles. The topological polar surface area (TPSA) is 66.4 Å². The molecule has 2 N–H and O–H groups in total. The first-order chi connectivity index (χ1) is 9.08. The molecule has 0 aromatic heterocycles. The number of carbonyl (C=O) groups is 2.